The van der Waals surface area contributed by atoms with E-state index in [0.29, 0.717) is 5.54 Å². The fourth-order valence-corrected chi connectivity index (χ4v) is 8.59. The van der Waals surface area contributed by atoms with Gasteiger partial charge >= 0.3 is 0 Å². The zero-order chi connectivity index (χ0) is 16.8. The number of hydrogen-bond acceptors (Lipinski definition) is 1. The Hall–Kier alpha value is -0.603. The van der Waals surface area contributed by atoms with E-state index < -0.39 is 8.32 Å². The number of rotatable bonds is 8. The van der Waals surface area contributed by atoms with Gasteiger partial charge in [0.05, 0.1) is 5.60 Å². The van der Waals surface area contributed by atoms with Gasteiger partial charge in [0.25, 0.3) is 0 Å². The molecule has 0 radical (unpaired) electrons. The summed E-state index contributed by atoms with van der Waals surface area (Å²) >= 11 is 0. The predicted molar refractivity (Wildman–Crippen MR) is 103 cm³/mol. The van der Waals surface area contributed by atoms with Crippen molar-refractivity contribution in [2.45, 2.75) is 95.9 Å². The maximum Gasteiger partial charge on any atom is 0.200 e. The average molecular weight is 333 g/mol. The van der Waals surface area contributed by atoms with Gasteiger partial charge in [-0.25, -0.2) is 0 Å². The van der Waals surface area contributed by atoms with Crippen LogP contribution in [0.4, 0.5) is 0 Å². The summed E-state index contributed by atoms with van der Waals surface area (Å²) in [5.74, 6) is 0. The largest absolute Gasteiger partial charge is 0.411 e. The zero-order valence-corrected chi connectivity index (χ0v) is 16.7. The number of hydrogen-bond donors (Lipinski definition) is 0. The van der Waals surface area contributed by atoms with Crippen LogP contribution in [0.1, 0.15) is 78.2 Å². The smallest absolute Gasteiger partial charge is 0.200 e. The Morgan fingerprint density at radius 3 is 2.52 bits per heavy atom. The van der Waals surface area contributed by atoms with Crippen LogP contribution in [0.3, 0.4) is 0 Å². The minimum atomic E-state index is -1.70. The highest BCUT2D eigenvalue weighted by Crippen LogP contribution is 2.43. The van der Waals surface area contributed by atoms with E-state index in [1.165, 1.54) is 62.6 Å². The van der Waals surface area contributed by atoms with Crippen molar-refractivity contribution in [2.75, 3.05) is 0 Å². The summed E-state index contributed by atoms with van der Waals surface area (Å²) in [5, 5.41) is 0. The topological polar surface area (TPSA) is 9.23 Å². The van der Waals surface area contributed by atoms with E-state index in [4.69, 9.17) is 4.43 Å². The first-order valence-corrected chi connectivity index (χ1v) is 12.1. The maximum absolute atomic E-state index is 7.05. The molecular formula is C21H36OSi. The highest BCUT2D eigenvalue weighted by Gasteiger charge is 2.47. The van der Waals surface area contributed by atoms with Crippen molar-refractivity contribution in [3.63, 3.8) is 0 Å². The molecule has 0 saturated carbocycles. The van der Waals surface area contributed by atoms with Crippen molar-refractivity contribution in [3.05, 3.63) is 35.9 Å². The fourth-order valence-electron chi connectivity index (χ4n) is 4.13. The molecule has 130 valence electrons. The lowest BCUT2D eigenvalue weighted by Crippen LogP contribution is -2.54. The van der Waals surface area contributed by atoms with Crippen molar-refractivity contribution in [1.82, 2.24) is 0 Å². The summed E-state index contributed by atoms with van der Waals surface area (Å²) in [6.45, 7) is 9.48. The van der Waals surface area contributed by atoms with E-state index in [0.717, 1.165) is 0 Å². The molecule has 1 nitrogen and oxygen atoms in total. The zero-order valence-electron chi connectivity index (χ0n) is 15.7. The summed E-state index contributed by atoms with van der Waals surface area (Å²) in [6, 6.07) is 13.6. The first-order valence-electron chi connectivity index (χ1n) is 9.74. The van der Waals surface area contributed by atoms with Crippen LogP contribution in [0.25, 0.3) is 0 Å². The Bertz CT molecular complexity index is 458. The molecule has 2 atom stereocenters. The first kappa shape index (κ1) is 18.7. The molecule has 1 heterocycles. The Kier molecular flexibility index (Phi) is 6.91. The monoisotopic (exact) mass is 332 g/mol. The normalized spacial score (nSPS) is 28.2. The quantitative estimate of drug-likeness (QED) is 0.382. The second-order valence-corrected chi connectivity index (χ2v) is 12.4. The molecule has 1 aliphatic rings. The van der Waals surface area contributed by atoms with Crippen LogP contribution in [0.2, 0.25) is 11.6 Å². The summed E-state index contributed by atoms with van der Waals surface area (Å²) < 4.78 is 7.05. The Labute approximate surface area is 145 Å². The lowest BCUT2D eigenvalue weighted by Gasteiger charge is -2.48. The van der Waals surface area contributed by atoms with E-state index in [1.54, 1.807) is 0 Å². The van der Waals surface area contributed by atoms with E-state index in [-0.39, 0.29) is 5.60 Å². The van der Waals surface area contributed by atoms with Gasteiger partial charge in [-0.2, -0.15) is 0 Å². The Balaban J connectivity index is 2.06. The van der Waals surface area contributed by atoms with Gasteiger partial charge in [0.1, 0.15) is 0 Å². The maximum atomic E-state index is 7.05. The lowest BCUT2D eigenvalue weighted by atomic mass is 9.93. The van der Waals surface area contributed by atoms with Gasteiger partial charge in [-0.15, -0.1) is 0 Å². The van der Waals surface area contributed by atoms with Gasteiger partial charge in [-0.3, -0.25) is 0 Å². The summed E-state index contributed by atoms with van der Waals surface area (Å²) in [7, 11) is -1.70. The van der Waals surface area contributed by atoms with Gasteiger partial charge in [-0.05, 0) is 43.0 Å². The van der Waals surface area contributed by atoms with Crippen LogP contribution < -0.4 is 0 Å². The SMILES string of the molecule is CCCCCCC1(C)CCC[Si](Cc2ccccc2)(C(C)C)O1. The molecule has 1 aliphatic heterocycles. The van der Waals surface area contributed by atoms with Crippen molar-refractivity contribution in [3.8, 4) is 0 Å². The van der Waals surface area contributed by atoms with E-state index in [1.807, 2.05) is 0 Å². The van der Waals surface area contributed by atoms with Crippen molar-refractivity contribution in [2.24, 2.45) is 0 Å². The van der Waals surface area contributed by atoms with E-state index in [2.05, 4.69) is 58.0 Å². The fraction of sp³-hybridized carbons (Fsp3) is 0.714. The molecule has 1 aromatic carbocycles. The third kappa shape index (κ3) is 5.19. The summed E-state index contributed by atoms with van der Waals surface area (Å²) in [5.41, 5.74) is 2.30. The molecule has 0 spiro atoms. The minimum Gasteiger partial charge on any atom is -0.411 e. The first-order chi connectivity index (χ1) is 11.0. The molecule has 0 bridgehead atoms. The molecule has 0 N–H and O–H groups in total. The summed E-state index contributed by atoms with van der Waals surface area (Å²) in [6.07, 6.45) is 9.26. The third-order valence-electron chi connectivity index (χ3n) is 5.71. The number of unbranched alkanes of at least 4 members (excludes halogenated alkanes) is 3. The van der Waals surface area contributed by atoms with Crippen LogP contribution >= 0.6 is 0 Å². The Morgan fingerprint density at radius 1 is 1.13 bits per heavy atom. The van der Waals surface area contributed by atoms with Crippen LogP contribution in [0.5, 0.6) is 0 Å². The average Bonchev–Trinajstić information content (AvgIpc) is 2.52. The van der Waals surface area contributed by atoms with Crippen LogP contribution in [0, 0.1) is 0 Å². The van der Waals surface area contributed by atoms with Crippen molar-refractivity contribution in [1.29, 1.82) is 0 Å². The Morgan fingerprint density at radius 2 is 1.87 bits per heavy atom. The molecule has 1 saturated heterocycles. The van der Waals surface area contributed by atoms with Gasteiger partial charge in [0, 0.05) is 0 Å². The second kappa shape index (κ2) is 8.48. The van der Waals surface area contributed by atoms with E-state index >= 15 is 0 Å². The standard InChI is InChI=1S/C21H36OSi/c1-5-6-7-11-15-21(4)16-12-17-23(22-21,19(2)3)18-20-13-9-8-10-14-20/h8-10,13-14,19H,5-7,11-12,15-18H2,1-4H3. The molecule has 2 unspecified atom stereocenters. The van der Waals surface area contributed by atoms with Crippen molar-refractivity contribution < 1.29 is 4.43 Å². The van der Waals surface area contributed by atoms with Crippen LogP contribution in [0.15, 0.2) is 30.3 Å². The summed E-state index contributed by atoms with van der Waals surface area (Å²) in [4.78, 5) is 0. The van der Waals surface area contributed by atoms with Gasteiger partial charge in [-0.1, -0.05) is 83.2 Å². The van der Waals surface area contributed by atoms with E-state index in [9.17, 15) is 0 Å². The van der Waals surface area contributed by atoms with Crippen molar-refractivity contribution >= 4 is 8.32 Å². The molecule has 1 aromatic rings. The molecule has 2 rings (SSSR count). The minimum absolute atomic E-state index is 0.136. The third-order valence-corrected chi connectivity index (χ3v) is 10.9. The molecule has 23 heavy (non-hydrogen) atoms. The molecule has 0 amide bonds. The molecule has 1 fully saturated rings. The van der Waals surface area contributed by atoms with Crippen LogP contribution in [-0.4, -0.2) is 13.9 Å². The van der Waals surface area contributed by atoms with Gasteiger partial charge < -0.3 is 4.43 Å². The lowest BCUT2D eigenvalue weighted by molar-refractivity contribution is 0.0351. The van der Waals surface area contributed by atoms with Gasteiger partial charge in [0.15, 0.2) is 8.32 Å². The second-order valence-electron chi connectivity index (χ2n) is 8.10. The highest BCUT2D eigenvalue weighted by atomic mass is 28.4. The molecule has 2 heteroatoms. The highest BCUT2D eigenvalue weighted by molar-refractivity contribution is 6.74. The molecular weight excluding hydrogens is 296 g/mol. The number of benzene rings is 1. The van der Waals surface area contributed by atoms with Crippen LogP contribution in [-0.2, 0) is 10.5 Å². The molecule has 0 aliphatic carbocycles. The van der Waals surface area contributed by atoms with Gasteiger partial charge in [0.2, 0.25) is 0 Å². The predicted octanol–water partition coefficient (Wildman–Crippen LogP) is 6.66. The molecule has 0 aromatic heterocycles.